The maximum absolute atomic E-state index is 14.0. The average Bonchev–Trinajstić information content (AvgIpc) is 2.92. The van der Waals surface area contributed by atoms with Crippen LogP contribution in [0.15, 0.2) is 121 Å². The molecule has 0 spiro atoms. The van der Waals surface area contributed by atoms with Gasteiger partial charge in [0.25, 0.3) is 5.91 Å². The van der Waals surface area contributed by atoms with E-state index in [0.29, 0.717) is 16.9 Å². The number of rotatable bonds is 6. The Morgan fingerprint density at radius 2 is 1.39 bits per heavy atom. The fraction of sp³-hybridized carbons (Fsp3) is 0.0968. The number of hydrogen-bond donors (Lipinski definition) is 1. The van der Waals surface area contributed by atoms with Gasteiger partial charge in [0.05, 0.1) is 0 Å². The Morgan fingerprint density at radius 1 is 0.806 bits per heavy atom. The van der Waals surface area contributed by atoms with Crippen LogP contribution in [0, 0.1) is 5.82 Å². The van der Waals surface area contributed by atoms with Crippen LogP contribution in [0.3, 0.4) is 0 Å². The van der Waals surface area contributed by atoms with E-state index in [1.807, 2.05) is 72.8 Å². The van der Waals surface area contributed by atoms with Crippen molar-refractivity contribution < 1.29 is 18.7 Å². The van der Waals surface area contributed by atoms with Gasteiger partial charge in [0.15, 0.2) is 5.54 Å². The van der Waals surface area contributed by atoms with E-state index in [1.165, 1.54) is 12.1 Å². The molecule has 4 aromatic carbocycles. The van der Waals surface area contributed by atoms with E-state index < -0.39 is 17.4 Å². The molecule has 4 nitrogen and oxygen atoms in total. The summed E-state index contributed by atoms with van der Waals surface area (Å²) in [6.45, 7) is 0. The summed E-state index contributed by atoms with van der Waals surface area (Å²) < 4.78 is 19.4. The molecule has 0 saturated heterocycles. The van der Waals surface area contributed by atoms with Gasteiger partial charge in [-0.15, -0.1) is 0 Å². The fourth-order valence-corrected chi connectivity index (χ4v) is 4.59. The van der Waals surface area contributed by atoms with Crippen molar-refractivity contribution in [1.29, 1.82) is 0 Å². The molecule has 0 fully saturated rings. The van der Waals surface area contributed by atoms with Crippen LogP contribution in [-0.2, 0) is 16.0 Å². The molecular formula is C31H24FNO3. The molecule has 5 heteroatoms. The van der Waals surface area contributed by atoms with Gasteiger partial charge in [0, 0.05) is 23.5 Å². The molecule has 1 aliphatic heterocycles. The van der Waals surface area contributed by atoms with Crippen LogP contribution in [0.5, 0.6) is 0 Å². The smallest absolute Gasteiger partial charge is 0.338 e. The number of nitrogens with one attached hydrogen (secondary N) is 1. The summed E-state index contributed by atoms with van der Waals surface area (Å²) in [4.78, 5) is 27.4. The number of ether oxygens (including phenoxy) is 1. The molecule has 178 valence electrons. The van der Waals surface area contributed by atoms with Gasteiger partial charge in [-0.05, 0) is 53.6 Å². The molecule has 2 atom stereocenters. The number of hydrogen-bond acceptors (Lipinski definition) is 3. The van der Waals surface area contributed by atoms with Crippen molar-refractivity contribution in [3.05, 3.63) is 149 Å². The van der Waals surface area contributed by atoms with Crippen molar-refractivity contribution in [3.63, 3.8) is 0 Å². The second-order valence-corrected chi connectivity index (χ2v) is 8.77. The Labute approximate surface area is 209 Å². The van der Waals surface area contributed by atoms with Crippen molar-refractivity contribution in [2.24, 2.45) is 0 Å². The van der Waals surface area contributed by atoms with Crippen molar-refractivity contribution in [2.75, 3.05) is 0 Å². The van der Waals surface area contributed by atoms with Gasteiger partial charge in [-0.3, -0.25) is 4.79 Å². The van der Waals surface area contributed by atoms with Crippen LogP contribution in [0.2, 0.25) is 0 Å². The van der Waals surface area contributed by atoms with Gasteiger partial charge in [-0.2, -0.15) is 0 Å². The lowest BCUT2D eigenvalue weighted by atomic mass is 9.73. The largest absolute Gasteiger partial charge is 0.424 e. The van der Waals surface area contributed by atoms with Crippen LogP contribution in [0.4, 0.5) is 4.39 Å². The highest BCUT2D eigenvalue weighted by Crippen LogP contribution is 2.41. The molecular weight excluding hydrogens is 453 g/mol. The standard InChI is InChI=1S/C31H24FNO3/c32-26-18-16-24(17-19-26)28-20-27(23-12-6-2-7-13-23)31(30(35)36-28,21-22-10-4-1-5-11-22)33-29(34)25-14-8-3-9-15-25/h1-20,27H,21H2,(H,33,34)/t27-,31+/m1/s1. The fourth-order valence-electron chi connectivity index (χ4n) is 4.59. The number of carbonyl (C=O) groups excluding carboxylic acids is 2. The SMILES string of the molecule is O=C(N[C@]1(Cc2ccccc2)C(=O)OC(c2ccc(F)cc2)=C[C@@H]1c1ccccc1)c1ccccc1. The average molecular weight is 478 g/mol. The molecule has 0 radical (unpaired) electrons. The summed E-state index contributed by atoms with van der Waals surface area (Å²) in [6, 6.07) is 33.7. The van der Waals surface area contributed by atoms with E-state index in [1.54, 1.807) is 36.4 Å². The Balaban J connectivity index is 1.66. The minimum absolute atomic E-state index is 0.220. The molecule has 1 amide bonds. The lowest BCUT2D eigenvalue weighted by Gasteiger charge is -2.41. The predicted octanol–water partition coefficient (Wildman–Crippen LogP) is 5.92. The number of halogens is 1. The summed E-state index contributed by atoms with van der Waals surface area (Å²) in [6.07, 6.45) is 2.07. The van der Waals surface area contributed by atoms with E-state index in [2.05, 4.69) is 5.32 Å². The number of esters is 1. The Kier molecular flexibility index (Phi) is 6.46. The molecule has 0 aromatic heterocycles. The molecule has 0 unspecified atom stereocenters. The molecule has 0 bridgehead atoms. The topological polar surface area (TPSA) is 55.4 Å². The second-order valence-electron chi connectivity index (χ2n) is 8.77. The third-order valence-corrected chi connectivity index (χ3v) is 6.40. The van der Waals surface area contributed by atoms with Crippen LogP contribution in [-0.4, -0.2) is 17.4 Å². The van der Waals surface area contributed by atoms with E-state index in [9.17, 15) is 14.0 Å². The highest BCUT2D eigenvalue weighted by Gasteiger charge is 2.51. The summed E-state index contributed by atoms with van der Waals surface area (Å²) >= 11 is 0. The lowest BCUT2D eigenvalue weighted by Crippen LogP contribution is -2.61. The van der Waals surface area contributed by atoms with E-state index >= 15 is 0 Å². The molecule has 0 aliphatic carbocycles. The van der Waals surface area contributed by atoms with E-state index in [4.69, 9.17) is 4.74 Å². The molecule has 36 heavy (non-hydrogen) atoms. The molecule has 1 heterocycles. The first-order chi connectivity index (χ1) is 17.5. The monoisotopic (exact) mass is 477 g/mol. The van der Waals surface area contributed by atoms with Gasteiger partial charge in [0.2, 0.25) is 0 Å². The van der Waals surface area contributed by atoms with E-state index in [0.717, 1.165) is 11.1 Å². The Morgan fingerprint density at radius 3 is 2.03 bits per heavy atom. The van der Waals surface area contributed by atoms with Crippen molar-refractivity contribution in [2.45, 2.75) is 17.9 Å². The summed E-state index contributed by atoms with van der Waals surface area (Å²) in [5.74, 6) is -1.55. The van der Waals surface area contributed by atoms with Gasteiger partial charge >= 0.3 is 5.97 Å². The molecule has 0 saturated carbocycles. The lowest BCUT2D eigenvalue weighted by molar-refractivity contribution is -0.145. The van der Waals surface area contributed by atoms with Crippen molar-refractivity contribution in [3.8, 4) is 0 Å². The zero-order valence-electron chi connectivity index (χ0n) is 19.4. The van der Waals surface area contributed by atoms with Crippen LogP contribution >= 0.6 is 0 Å². The summed E-state index contributed by atoms with van der Waals surface area (Å²) in [5.41, 5.74) is 1.32. The normalized spacial score (nSPS) is 19.2. The molecule has 5 rings (SSSR count). The highest BCUT2D eigenvalue weighted by atomic mass is 19.1. The maximum atomic E-state index is 14.0. The number of carbonyl (C=O) groups is 2. The van der Waals surface area contributed by atoms with Gasteiger partial charge < -0.3 is 10.1 Å². The molecule has 1 N–H and O–H groups in total. The van der Waals surface area contributed by atoms with E-state index in [-0.39, 0.29) is 18.1 Å². The number of cyclic esters (lactones) is 1. The first-order valence-electron chi connectivity index (χ1n) is 11.7. The summed E-state index contributed by atoms with van der Waals surface area (Å²) in [5, 5.41) is 3.06. The Hall–Kier alpha value is -4.51. The third kappa shape index (κ3) is 4.68. The zero-order chi connectivity index (χ0) is 25.0. The van der Waals surface area contributed by atoms with Crippen LogP contribution < -0.4 is 5.32 Å². The molecule has 1 aliphatic rings. The molecule has 4 aromatic rings. The Bertz CT molecular complexity index is 1390. The first-order valence-corrected chi connectivity index (χ1v) is 11.7. The quantitative estimate of drug-likeness (QED) is 0.351. The van der Waals surface area contributed by atoms with Gasteiger partial charge in [-0.25, -0.2) is 9.18 Å². The number of amides is 1. The minimum atomic E-state index is -1.42. The van der Waals surface area contributed by atoms with Gasteiger partial charge in [-0.1, -0.05) is 78.9 Å². The van der Waals surface area contributed by atoms with Crippen LogP contribution in [0.25, 0.3) is 5.76 Å². The first kappa shape index (κ1) is 23.2. The maximum Gasteiger partial charge on any atom is 0.338 e. The van der Waals surface area contributed by atoms with Crippen molar-refractivity contribution in [1.82, 2.24) is 5.32 Å². The van der Waals surface area contributed by atoms with Crippen molar-refractivity contribution >= 4 is 17.6 Å². The third-order valence-electron chi connectivity index (χ3n) is 6.40. The summed E-state index contributed by atoms with van der Waals surface area (Å²) in [7, 11) is 0. The van der Waals surface area contributed by atoms with Crippen LogP contribution in [0.1, 0.15) is 33.0 Å². The van der Waals surface area contributed by atoms with Gasteiger partial charge in [0.1, 0.15) is 11.6 Å². The second kappa shape index (κ2) is 10.0. The highest BCUT2D eigenvalue weighted by molar-refractivity contribution is 6.00. The number of benzene rings is 4. The minimum Gasteiger partial charge on any atom is -0.424 e. The predicted molar refractivity (Wildman–Crippen MR) is 136 cm³/mol. The zero-order valence-corrected chi connectivity index (χ0v) is 19.4.